The van der Waals surface area contributed by atoms with Gasteiger partial charge in [0.2, 0.25) is 0 Å². The molecule has 0 saturated carbocycles. The molecule has 0 bridgehead atoms. The third-order valence-electron chi connectivity index (χ3n) is 11.1. The Hall–Kier alpha value is -4.88. The topological polar surface area (TPSA) is 13.1 Å². The summed E-state index contributed by atoms with van der Waals surface area (Å²) >= 11 is 0. The summed E-state index contributed by atoms with van der Waals surface area (Å²) in [5.74, 6) is 0.652. The summed E-state index contributed by atoms with van der Waals surface area (Å²) in [6.07, 6.45) is 1.12. The van der Waals surface area contributed by atoms with Gasteiger partial charge in [-0.05, 0) is 103 Å². The van der Waals surface area contributed by atoms with Gasteiger partial charge in [0, 0.05) is 27.2 Å². The molecule has 0 atom stereocenters. The van der Waals surface area contributed by atoms with Crippen LogP contribution in [0, 0.1) is 5.92 Å². The van der Waals surface area contributed by atoms with Crippen molar-refractivity contribution in [2.75, 3.05) is 0 Å². The smallest absolute Gasteiger partial charge is 0.143 e. The molecule has 0 aliphatic heterocycles. The molecule has 1 nitrogen and oxygen atoms in total. The Bertz CT molecular complexity index is 2410. The zero-order valence-corrected chi connectivity index (χ0v) is 28.2. The maximum atomic E-state index is 6.42. The highest BCUT2D eigenvalue weighted by molar-refractivity contribution is 6.09. The predicted molar refractivity (Wildman–Crippen MR) is 198 cm³/mol. The van der Waals surface area contributed by atoms with E-state index in [1.54, 1.807) is 0 Å². The number of fused-ring (bicyclic) bond motifs is 9. The van der Waals surface area contributed by atoms with Crippen molar-refractivity contribution in [2.24, 2.45) is 5.92 Å². The van der Waals surface area contributed by atoms with Gasteiger partial charge in [-0.15, -0.1) is 0 Å². The van der Waals surface area contributed by atoms with Crippen molar-refractivity contribution in [2.45, 2.75) is 58.8 Å². The van der Waals surface area contributed by atoms with E-state index in [0.717, 1.165) is 23.2 Å². The lowest BCUT2D eigenvalue weighted by Crippen LogP contribution is -2.16. The van der Waals surface area contributed by atoms with Crippen LogP contribution < -0.4 is 0 Å². The molecule has 0 radical (unpaired) electrons. The lowest BCUT2D eigenvalue weighted by atomic mass is 9.79. The van der Waals surface area contributed by atoms with Gasteiger partial charge in [0.05, 0.1) is 0 Å². The number of furan rings is 1. The first-order valence-corrected chi connectivity index (χ1v) is 17.1. The average Bonchev–Trinajstić information content (AvgIpc) is 3.63. The quantitative estimate of drug-likeness (QED) is 0.194. The molecule has 2 aliphatic carbocycles. The van der Waals surface area contributed by atoms with E-state index < -0.39 is 0 Å². The summed E-state index contributed by atoms with van der Waals surface area (Å²) in [5, 5.41) is 2.34. The fraction of sp³-hybridized carbons (Fsp3) is 0.217. The van der Waals surface area contributed by atoms with Crippen LogP contribution in [0.15, 0.2) is 120 Å². The molecular formula is C46H40O. The van der Waals surface area contributed by atoms with Crippen LogP contribution >= 0.6 is 0 Å². The van der Waals surface area contributed by atoms with Crippen LogP contribution in [-0.4, -0.2) is 0 Å². The molecule has 7 aromatic rings. The van der Waals surface area contributed by atoms with Crippen LogP contribution in [0.2, 0.25) is 0 Å². The average molecular weight is 609 g/mol. The SMILES string of the molecule is CC(C)Cc1ccc2c(c1)C(C)(C)c1cc(-c3ccc4c(c3)C(C)(C)c3cc(-c5cccc6c5oc5ccccc56)ccc3-4)ccc1-2. The number of rotatable bonds is 4. The Morgan fingerprint density at radius 1 is 0.489 bits per heavy atom. The molecule has 6 aromatic carbocycles. The minimum Gasteiger partial charge on any atom is -0.455 e. The Balaban J connectivity index is 1.10. The van der Waals surface area contributed by atoms with Gasteiger partial charge in [-0.3, -0.25) is 0 Å². The summed E-state index contributed by atoms with van der Waals surface area (Å²) in [5.41, 5.74) is 19.2. The molecule has 0 amide bonds. The van der Waals surface area contributed by atoms with Crippen LogP contribution in [-0.2, 0) is 17.3 Å². The van der Waals surface area contributed by atoms with Gasteiger partial charge in [-0.1, -0.05) is 133 Å². The van der Waals surface area contributed by atoms with Crippen molar-refractivity contribution in [3.63, 3.8) is 0 Å². The molecule has 0 N–H and O–H groups in total. The zero-order valence-electron chi connectivity index (χ0n) is 28.2. The van der Waals surface area contributed by atoms with E-state index in [0.29, 0.717) is 5.92 Å². The van der Waals surface area contributed by atoms with E-state index in [-0.39, 0.29) is 10.8 Å². The standard InChI is InChI=1S/C46H40O/c1-27(2)22-28-14-18-33-34-19-15-29(24-40(34)45(3,4)39(33)23-28)30-16-20-35-36-21-17-31(26-42(36)46(5,6)41(35)25-30)32-11-9-12-38-37-10-7-8-13-43(37)47-44(32)38/h7-21,23-27H,22H2,1-6H3. The van der Waals surface area contributed by atoms with E-state index in [1.165, 1.54) is 77.5 Å². The number of hydrogen-bond donors (Lipinski definition) is 0. The maximum absolute atomic E-state index is 6.42. The fourth-order valence-corrected chi connectivity index (χ4v) is 8.62. The zero-order chi connectivity index (χ0) is 32.2. The molecule has 230 valence electrons. The summed E-state index contributed by atoms with van der Waals surface area (Å²) in [4.78, 5) is 0. The minimum absolute atomic E-state index is 0.0288. The fourth-order valence-electron chi connectivity index (χ4n) is 8.62. The van der Waals surface area contributed by atoms with Gasteiger partial charge in [-0.25, -0.2) is 0 Å². The van der Waals surface area contributed by atoms with E-state index >= 15 is 0 Å². The van der Waals surface area contributed by atoms with E-state index in [9.17, 15) is 0 Å². The molecule has 1 aromatic heterocycles. The van der Waals surface area contributed by atoms with Crippen LogP contribution in [0.5, 0.6) is 0 Å². The first kappa shape index (κ1) is 28.4. The highest BCUT2D eigenvalue weighted by atomic mass is 16.3. The summed E-state index contributed by atoms with van der Waals surface area (Å²) < 4.78 is 6.42. The molecule has 0 spiro atoms. The Morgan fingerprint density at radius 3 is 1.62 bits per heavy atom. The molecule has 47 heavy (non-hydrogen) atoms. The normalized spacial score (nSPS) is 15.2. The molecule has 0 unspecified atom stereocenters. The largest absolute Gasteiger partial charge is 0.455 e. The third-order valence-corrected chi connectivity index (χ3v) is 11.1. The first-order valence-electron chi connectivity index (χ1n) is 17.1. The van der Waals surface area contributed by atoms with Crippen molar-refractivity contribution < 1.29 is 4.42 Å². The van der Waals surface area contributed by atoms with Gasteiger partial charge in [0.1, 0.15) is 11.2 Å². The van der Waals surface area contributed by atoms with Crippen LogP contribution in [0.4, 0.5) is 0 Å². The van der Waals surface area contributed by atoms with Gasteiger partial charge in [0.25, 0.3) is 0 Å². The van der Waals surface area contributed by atoms with E-state index in [2.05, 4.69) is 151 Å². The van der Waals surface area contributed by atoms with E-state index in [1.807, 2.05) is 6.07 Å². The van der Waals surface area contributed by atoms with Crippen LogP contribution in [0.3, 0.4) is 0 Å². The van der Waals surface area contributed by atoms with Gasteiger partial charge in [-0.2, -0.15) is 0 Å². The van der Waals surface area contributed by atoms with Crippen molar-refractivity contribution in [3.05, 3.63) is 143 Å². The lowest BCUT2D eigenvalue weighted by molar-refractivity contribution is 0.637. The summed E-state index contributed by atoms with van der Waals surface area (Å²) in [6.45, 7) is 14.2. The second kappa shape index (κ2) is 9.81. The van der Waals surface area contributed by atoms with Crippen LogP contribution in [0.1, 0.15) is 69.4 Å². The predicted octanol–water partition coefficient (Wildman–Crippen LogP) is 12.7. The van der Waals surface area contributed by atoms with Crippen molar-refractivity contribution in [1.29, 1.82) is 0 Å². The van der Waals surface area contributed by atoms with Crippen molar-refractivity contribution in [1.82, 2.24) is 0 Å². The monoisotopic (exact) mass is 608 g/mol. The molecule has 9 rings (SSSR count). The maximum Gasteiger partial charge on any atom is 0.143 e. The lowest BCUT2D eigenvalue weighted by Gasteiger charge is -2.24. The third kappa shape index (κ3) is 4.08. The second-order valence-corrected chi connectivity index (χ2v) is 15.3. The summed E-state index contributed by atoms with van der Waals surface area (Å²) in [6, 6.07) is 43.3. The van der Waals surface area contributed by atoms with Crippen LogP contribution in [0.25, 0.3) is 66.4 Å². The van der Waals surface area contributed by atoms with Gasteiger partial charge in [0.15, 0.2) is 0 Å². The highest BCUT2D eigenvalue weighted by Crippen LogP contribution is 2.53. The number of benzene rings is 6. The molecule has 0 fully saturated rings. The van der Waals surface area contributed by atoms with Gasteiger partial charge >= 0.3 is 0 Å². The second-order valence-electron chi connectivity index (χ2n) is 15.3. The highest BCUT2D eigenvalue weighted by Gasteiger charge is 2.38. The Kier molecular flexibility index (Phi) is 5.92. The Morgan fingerprint density at radius 2 is 1.00 bits per heavy atom. The van der Waals surface area contributed by atoms with E-state index in [4.69, 9.17) is 4.42 Å². The van der Waals surface area contributed by atoms with Crippen molar-refractivity contribution >= 4 is 21.9 Å². The van der Waals surface area contributed by atoms with Gasteiger partial charge < -0.3 is 4.42 Å². The number of para-hydroxylation sites is 2. The van der Waals surface area contributed by atoms with Crippen molar-refractivity contribution in [3.8, 4) is 44.5 Å². The Labute approximate surface area is 277 Å². The number of hydrogen-bond acceptors (Lipinski definition) is 1. The first-order chi connectivity index (χ1) is 22.6. The molecule has 0 saturated heterocycles. The molecule has 2 aliphatic rings. The summed E-state index contributed by atoms with van der Waals surface area (Å²) in [7, 11) is 0. The molecular weight excluding hydrogens is 569 g/mol. The molecule has 1 heterocycles. The minimum atomic E-state index is -0.127. The molecule has 1 heteroatoms.